The zero-order valence-electron chi connectivity index (χ0n) is 58.0. The Hall–Kier alpha value is -6.57. The Kier molecular flexibility index (Phi) is 32.7. The summed E-state index contributed by atoms with van der Waals surface area (Å²) in [6, 6.07) is -12.5. The van der Waals surface area contributed by atoms with E-state index in [2.05, 4.69) is 33.1 Å². The monoisotopic (exact) mass is 1240 g/mol. The van der Waals surface area contributed by atoms with Crippen LogP contribution in [-0.2, 0) is 52.7 Å². The summed E-state index contributed by atoms with van der Waals surface area (Å²) in [6.07, 6.45) is 1.08. The summed E-state index contributed by atoms with van der Waals surface area (Å²) in [5.41, 5.74) is 0.712. The van der Waals surface area contributed by atoms with Crippen molar-refractivity contribution >= 4 is 65.0 Å². The minimum Gasteiger partial charge on any atom is -0.390 e. The topological polar surface area (TPSA) is 279 Å². The van der Waals surface area contributed by atoms with Crippen molar-refractivity contribution in [1.29, 1.82) is 0 Å². The predicted octanol–water partition coefficient (Wildman–Crippen LogP) is 3.66. The standard InChI is InChI=1S/C65H113N11O12/c1-26-28-42(15)29-30-43(16)55(78)54-59(82)68-46(27-2)61(84)70(19)35-51(77)71(20)47(31-36(3)4)58(81)69-52(40(11)12)64(87)72(21)48(32-37(5)6)57(80)66-44(17)56(79)67-45(18)60(83)73(22)49(33-38(7)8)62(85)74(23)50(34-39(9)10)63(86)75(24)53(41(13)14)65(88)76(54)25/h29,36-41,43-50,52-55,78H,27,30-35H2,1-25H3,(H,66,80)(H,67,79)(H,68,82)(H,69,81)/b42-29-/t43-,44+,45-,46+,47+,48+,49+,50+,52+,53+,54+,55-/m1/s1. The molecule has 1 saturated heterocycles. The predicted molar refractivity (Wildman–Crippen MR) is 341 cm³/mol. The molecule has 0 spiro atoms. The Morgan fingerprint density at radius 1 is 0.500 bits per heavy atom. The van der Waals surface area contributed by atoms with Crippen molar-refractivity contribution in [3.8, 4) is 11.8 Å². The molecule has 1 aliphatic heterocycles. The van der Waals surface area contributed by atoms with Crippen LogP contribution in [0.5, 0.6) is 0 Å². The maximum Gasteiger partial charge on any atom is 0.246 e. The summed E-state index contributed by atoms with van der Waals surface area (Å²) in [4.78, 5) is 169. The number of allylic oxidation sites excluding steroid dienone is 2. The van der Waals surface area contributed by atoms with Gasteiger partial charge in [0, 0.05) is 49.3 Å². The number of likely N-dealkylation sites (N-methyl/N-ethyl adjacent to an activating group) is 7. The average Bonchev–Trinajstić information content (AvgIpc) is 3.65. The second-order valence-electron chi connectivity index (χ2n) is 26.8. The largest absolute Gasteiger partial charge is 0.390 e. The van der Waals surface area contributed by atoms with Gasteiger partial charge in [-0.25, -0.2) is 0 Å². The van der Waals surface area contributed by atoms with Gasteiger partial charge in [0.1, 0.15) is 60.4 Å². The normalized spacial score (nSPS) is 26.3. The third kappa shape index (κ3) is 22.5. The van der Waals surface area contributed by atoms with E-state index in [1.807, 2.05) is 55.4 Å². The van der Waals surface area contributed by atoms with Crippen molar-refractivity contribution in [1.82, 2.24) is 55.6 Å². The fourth-order valence-electron chi connectivity index (χ4n) is 10.9. The second-order valence-corrected chi connectivity index (χ2v) is 26.8. The lowest BCUT2D eigenvalue weighted by Crippen LogP contribution is -2.63. The molecule has 1 heterocycles. The molecule has 5 N–H and O–H groups in total. The number of hydrogen-bond acceptors (Lipinski definition) is 12. The van der Waals surface area contributed by atoms with E-state index in [0.717, 1.165) is 9.80 Å². The van der Waals surface area contributed by atoms with E-state index < -0.39 is 156 Å². The van der Waals surface area contributed by atoms with Gasteiger partial charge in [-0.15, -0.1) is 5.92 Å². The molecule has 1 rings (SSSR count). The number of carbonyl (C=O) groups is 11. The molecule has 23 nitrogen and oxygen atoms in total. The molecule has 11 amide bonds. The lowest BCUT2D eigenvalue weighted by Gasteiger charge is -2.41. The molecule has 12 atom stereocenters. The fourth-order valence-corrected chi connectivity index (χ4v) is 10.9. The first-order chi connectivity index (χ1) is 40.6. The lowest BCUT2D eigenvalue weighted by molar-refractivity contribution is -0.157. The zero-order valence-corrected chi connectivity index (χ0v) is 58.0. The molecular formula is C65H113N11O12. The van der Waals surface area contributed by atoms with Crippen LogP contribution in [0, 0.1) is 53.3 Å². The van der Waals surface area contributed by atoms with Crippen molar-refractivity contribution in [2.24, 2.45) is 41.4 Å². The van der Waals surface area contributed by atoms with Crippen LogP contribution in [0.15, 0.2) is 11.6 Å². The van der Waals surface area contributed by atoms with Crippen molar-refractivity contribution in [2.75, 3.05) is 55.9 Å². The van der Waals surface area contributed by atoms with E-state index in [1.54, 1.807) is 61.5 Å². The molecule has 0 bridgehead atoms. The molecule has 0 radical (unpaired) electrons. The molecule has 1 aliphatic rings. The third-order valence-corrected chi connectivity index (χ3v) is 16.5. The highest BCUT2D eigenvalue weighted by atomic mass is 16.3. The Labute approximate surface area is 526 Å². The van der Waals surface area contributed by atoms with Crippen molar-refractivity contribution in [3.63, 3.8) is 0 Å². The number of aliphatic hydroxyl groups excluding tert-OH is 1. The van der Waals surface area contributed by atoms with Gasteiger partial charge in [0.25, 0.3) is 0 Å². The molecule has 0 aliphatic carbocycles. The summed E-state index contributed by atoms with van der Waals surface area (Å²) >= 11 is 0. The molecule has 0 aromatic carbocycles. The van der Waals surface area contributed by atoms with E-state index in [1.165, 1.54) is 87.7 Å². The first-order valence-corrected chi connectivity index (χ1v) is 31.4. The SMILES string of the molecule is CC#C/C(C)=C\C[C@@H](C)[C@@H](O)[C@H]1C(=O)N[C@@H](CC)C(=O)N(C)CC(=O)N(C)[C@@H](CC(C)C)C(=O)N[C@@H](C(C)C)C(=O)N(C)[C@@H](CC(C)C)C(=O)N[C@@H](C)C(=O)N[C@H](C)C(=O)N(C)[C@@H](CC(C)C)C(=O)N(C)[C@@H](CC(C)C)C(=O)N(C)[C@@H](C(C)C)C(=O)N1C. The first-order valence-electron chi connectivity index (χ1n) is 31.4. The highest BCUT2D eigenvalue weighted by Crippen LogP contribution is 2.26. The molecule has 0 aromatic heterocycles. The van der Waals surface area contributed by atoms with Gasteiger partial charge in [0.15, 0.2) is 0 Å². The lowest BCUT2D eigenvalue weighted by atomic mass is 9.91. The number of hydrogen-bond donors (Lipinski definition) is 5. The maximum atomic E-state index is 15.3. The van der Waals surface area contributed by atoms with Crippen LogP contribution in [0.25, 0.3) is 0 Å². The number of aliphatic hydroxyl groups is 1. The number of nitrogens with zero attached hydrogens (tertiary/aromatic N) is 7. The van der Waals surface area contributed by atoms with Crippen LogP contribution in [0.4, 0.5) is 0 Å². The van der Waals surface area contributed by atoms with Gasteiger partial charge in [-0.3, -0.25) is 52.7 Å². The summed E-state index contributed by atoms with van der Waals surface area (Å²) in [7, 11) is 9.90. The van der Waals surface area contributed by atoms with E-state index in [-0.39, 0.29) is 62.2 Å². The van der Waals surface area contributed by atoms with Crippen LogP contribution in [0.1, 0.15) is 163 Å². The van der Waals surface area contributed by atoms with Gasteiger partial charge in [0.05, 0.1) is 12.6 Å². The van der Waals surface area contributed by atoms with Gasteiger partial charge < -0.3 is 60.7 Å². The van der Waals surface area contributed by atoms with E-state index in [9.17, 15) is 43.5 Å². The fraction of sp³-hybridized carbons (Fsp3) is 0.769. The van der Waals surface area contributed by atoms with Crippen molar-refractivity contribution in [2.45, 2.75) is 230 Å². The number of carbonyl (C=O) groups excluding carboxylic acids is 11. The van der Waals surface area contributed by atoms with Gasteiger partial charge in [-0.05, 0) is 113 Å². The molecule has 88 heavy (non-hydrogen) atoms. The smallest absolute Gasteiger partial charge is 0.246 e. The molecule has 500 valence electrons. The second kappa shape index (κ2) is 36.2. The molecule has 1 fully saturated rings. The molecule has 0 unspecified atom stereocenters. The number of nitrogens with one attached hydrogen (secondary N) is 4. The Morgan fingerprint density at radius 2 is 0.920 bits per heavy atom. The van der Waals surface area contributed by atoms with E-state index >= 15 is 14.4 Å². The van der Waals surface area contributed by atoms with Gasteiger partial charge in [-0.2, -0.15) is 0 Å². The minimum absolute atomic E-state index is 0.00804. The van der Waals surface area contributed by atoms with Crippen LogP contribution < -0.4 is 21.3 Å². The van der Waals surface area contributed by atoms with Crippen molar-refractivity contribution in [3.05, 3.63) is 11.6 Å². The molecule has 0 aromatic rings. The first kappa shape index (κ1) is 79.4. The van der Waals surface area contributed by atoms with E-state index in [0.29, 0.717) is 5.57 Å². The van der Waals surface area contributed by atoms with E-state index in [4.69, 9.17) is 0 Å². The number of rotatable bonds is 15. The van der Waals surface area contributed by atoms with Crippen LogP contribution >= 0.6 is 0 Å². The van der Waals surface area contributed by atoms with Crippen LogP contribution in [0.3, 0.4) is 0 Å². The van der Waals surface area contributed by atoms with Crippen LogP contribution in [-0.4, -0.2) is 227 Å². The summed E-state index contributed by atoms with van der Waals surface area (Å²) in [6.45, 7) is 31.0. The maximum absolute atomic E-state index is 15.3. The van der Waals surface area contributed by atoms with Crippen molar-refractivity contribution < 1.29 is 57.8 Å². The van der Waals surface area contributed by atoms with Gasteiger partial charge in [0.2, 0.25) is 65.0 Å². The molecule has 0 saturated carbocycles. The third-order valence-electron chi connectivity index (χ3n) is 16.5. The van der Waals surface area contributed by atoms with Crippen LogP contribution in [0.2, 0.25) is 0 Å². The van der Waals surface area contributed by atoms with Gasteiger partial charge in [-0.1, -0.05) is 109 Å². The summed E-state index contributed by atoms with van der Waals surface area (Å²) < 4.78 is 0. The quantitative estimate of drug-likeness (QED) is 0.147. The highest BCUT2D eigenvalue weighted by Gasteiger charge is 2.46. The Balaban J connectivity index is 4.38. The summed E-state index contributed by atoms with van der Waals surface area (Å²) in [5.74, 6) is -4.13. The summed E-state index contributed by atoms with van der Waals surface area (Å²) in [5, 5.41) is 23.3. The highest BCUT2D eigenvalue weighted by molar-refractivity contribution is 5.99. The zero-order chi connectivity index (χ0) is 68.3. The number of amides is 11. The average molecular weight is 1240 g/mol. The minimum atomic E-state index is -1.65. The molecular weight excluding hydrogens is 1130 g/mol. The Morgan fingerprint density at radius 3 is 1.38 bits per heavy atom. The molecule has 23 heteroatoms. The van der Waals surface area contributed by atoms with Gasteiger partial charge >= 0.3 is 0 Å². The Bertz CT molecular complexity index is 2520.